The fourth-order valence-electron chi connectivity index (χ4n) is 2.51. The maximum atomic E-state index is 9.36. The molecule has 2 nitrogen and oxygen atoms in total. The zero-order valence-corrected chi connectivity index (χ0v) is 12.5. The summed E-state index contributed by atoms with van der Waals surface area (Å²) in [6.07, 6.45) is 0. The standard InChI is InChI=1S/C18H14BClO2/c20-16-8-4-6-14(12-16)18-10-2-1-9-17(18)13-5-3-7-15(11-13)19(21)22/h1-12,21-22H. The van der Waals surface area contributed by atoms with Gasteiger partial charge in [-0.3, -0.25) is 0 Å². The molecule has 2 N–H and O–H groups in total. The van der Waals surface area contributed by atoms with Crippen molar-refractivity contribution in [3.63, 3.8) is 0 Å². The molecule has 0 amide bonds. The van der Waals surface area contributed by atoms with Gasteiger partial charge in [0.05, 0.1) is 0 Å². The maximum absolute atomic E-state index is 9.36. The molecule has 0 spiro atoms. The number of hydrogen-bond acceptors (Lipinski definition) is 2. The molecule has 0 unspecified atom stereocenters. The van der Waals surface area contributed by atoms with Crippen LogP contribution in [0.15, 0.2) is 72.8 Å². The van der Waals surface area contributed by atoms with Gasteiger partial charge in [0.1, 0.15) is 0 Å². The smallest absolute Gasteiger partial charge is 0.423 e. The molecule has 0 saturated carbocycles. The Hall–Kier alpha value is -2.07. The SMILES string of the molecule is OB(O)c1cccc(-c2ccccc2-c2cccc(Cl)c2)c1. The molecular formula is C18H14BClO2. The molecule has 22 heavy (non-hydrogen) atoms. The van der Waals surface area contributed by atoms with Gasteiger partial charge in [0, 0.05) is 5.02 Å². The topological polar surface area (TPSA) is 40.5 Å². The zero-order chi connectivity index (χ0) is 15.5. The summed E-state index contributed by atoms with van der Waals surface area (Å²) < 4.78 is 0. The summed E-state index contributed by atoms with van der Waals surface area (Å²) in [6, 6.07) is 22.9. The van der Waals surface area contributed by atoms with Gasteiger partial charge in [0.2, 0.25) is 0 Å². The monoisotopic (exact) mass is 308 g/mol. The highest BCUT2D eigenvalue weighted by Gasteiger charge is 2.13. The van der Waals surface area contributed by atoms with Crippen molar-refractivity contribution in [1.82, 2.24) is 0 Å². The van der Waals surface area contributed by atoms with Crippen molar-refractivity contribution in [3.8, 4) is 22.3 Å². The van der Waals surface area contributed by atoms with E-state index in [2.05, 4.69) is 0 Å². The molecule has 108 valence electrons. The number of rotatable bonds is 3. The summed E-state index contributed by atoms with van der Waals surface area (Å²) in [5.74, 6) is 0. The fourth-order valence-corrected chi connectivity index (χ4v) is 2.70. The molecule has 0 aliphatic heterocycles. The van der Waals surface area contributed by atoms with E-state index in [4.69, 9.17) is 11.6 Å². The first-order valence-electron chi connectivity index (χ1n) is 6.96. The van der Waals surface area contributed by atoms with Gasteiger partial charge in [-0.25, -0.2) is 0 Å². The first kappa shape index (κ1) is 14.9. The molecule has 0 aromatic heterocycles. The summed E-state index contributed by atoms with van der Waals surface area (Å²) in [5, 5.41) is 19.4. The van der Waals surface area contributed by atoms with Gasteiger partial charge in [-0.2, -0.15) is 0 Å². The van der Waals surface area contributed by atoms with Crippen molar-refractivity contribution < 1.29 is 10.0 Å². The van der Waals surface area contributed by atoms with Gasteiger partial charge in [-0.05, 0) is 39.8 Å². The minimum atomic E-state index is -1.47. The van der Waals surface area contributed by atoms with Crippen LogP contribution in [-0.2, 0) is 0 Å². The van der Waals surface area contributed by atoms with E-state index in [1.807, 2.05) is 60.7 Å². The summed E-state index contributed by atoms with van der Waals surface area (Å²) in [6.45, 7) is 0. The molecule has 0 saturated heterocycles. The Morgan fingerprint density at radius 2 is 1.27 bits per heavy atom. The van der Waals surface area contributed by atoms with E-state index in [9.17, 15) is 10.0 Å². The summed E-state index contributed by atoms with van der Waals surface area (Å²) in [5.41, 5.74) is 4.50. The van der Waals surface area contributed by atoms with Crippen LogP contribution < -0.4 is 5.46 Å². The van der Waals surface area contributed by atoms with Crippen LogP contribution in [0.2, 0.25) is 5.02 Å². The molecule has 0 fully saturated rings. The van der Waals surface area contributed by atoms with Gasteiger partial charge in [0.25, 0.3) is 0 Å². The van der Waals surface area contributed by atoms with Crippen LogP contribution in [0.5, 0.6) is 0 Å². The van der Waals surface area contributed by atoms with Crippen LogP contribution in [0.1, 0.15) is 0 Å². The van der Waals surface area contributed by atoms with Crippen LogP contribution >= 0.6 is 11.6 Å². The molecule has 0 aliphatic carbocycles. The zero-order valence-electron chi connectivity index (χ0n) is 11.8. The van der Waals surface area contributed by atoms with Crippen molar-refractivity contribution in [3.05, 3.63) is 77.8 Å². The third-order valence-corrected chi connectivity index (χ3v) is 3.79. The highest BCUT2D eigenvalue weighted by Crippen LogP contribution is 2.32. The second-order valence-electron chi connectivity index (χ2n) is 5.06. The Balaban J connectivity index is 2.14. The number of halogens is 1. The molecule has 0 atom stereocenters. The second kappa shape index (κ2) is 6.36. The minimum absolute atomic E-state index is 0.471. The lowest BCUT2D eigenvalue weighted by Crippen LogP contribution is -2.29. The Labute approximate surface area is 134 Å². The van der Waals surface area contributed by atoms with Crippen LogP contribution in [0.25, 0.3) is 22.3 Å². The quantitative estimate of drug-likeness (QED) is 0.729. The van der Waals surface area contributed by atoms with E-state index >= 15 is 0 Å². The summed E-state index contributed by atoms with van der Waals surface area (Å²) in [4.78, 5) is 0. The van der Waals surface area contributed by atoms with E-state index in [-0.39, 0.29) is 0 Å². The summed E-state index contributed by atoms with van der Waals surface area (Å²) in [7, 11) is -1.47. The highest BCUT2D eigenvalue weighted by molar-refractivity contribution is 6.58. The van der Waals surface area contributed by atoms with E-state index in [1.54, 1.807) is 12.1 Å². The van der Waals surface area contributed by atoms with Gasteiger partial charge >= 0.3 is 7.12 Å². The van der Waals surface area contributed by atoms with E-state index in [0.29, 0.717) is 10.5 Å². The molecule has 0 heterocycles. The first-order valence-corrected chi connectivity index (χ1v) is 7.34. The molecule has 0 radical (unpaired) electrons. The molecule has 3 aromatic rings. The predicted molar refractivity (Wildman–Crippen MR) is 92.1 cm³/mol. The normalized spacial score (nSPS) is 10.5. The van der Waals surface area contributed by atoms with Crippen LogP contribution in [0, 0.1) is 0 Å². The molecule has 3 rings (SSSR count). The number of hydrogen-bond donors (Lipinski definition) is 2. The Bertz CT molecular complexity index is 802. The first-order chi connectivity index (χ1) is 10.6. The van der Waals surface area contributed by atoms with Crippen molar-refractivity contribution >= 4 is 24.2 Å². The van der Waals surface area contributed by atoms with E-state index in [0.717, 1.165) is 22.3 Å². The van der Waals surface area contributed by atoms with E-state index < -0.39 is 7.12 Å². The van der Waals surface area contributed by atoms with Crippen LogP contribution in [0.3, 0.4) is 0 Å². The summed E-state index contributed by atoms with van der Waals surface area (Å²) >= 11 is 6.09. The molecule has 4 heteroatoms. The Kier molecular flexibility index (Phi) is 4.30. The Morgan fingerprint density at radius 1 is 0.682 bits per heavy atom. The Morgan fingerprint density at radius 3 is 1.86 bits per heavy atom. The second-order valence-corrected chi connectivity index (χ2v) is 5.49. The van der Waals surface area contributed by atoms with Gasteiger partial charge in [-0.1, -0.05) is 72.3 Å². The van der Waals surface area contributed by atoms with Crippen LogP contribution in [0.4, 0.5) is 0 Å². The molecule has 3 aromatic carbocycles. The molecule has 0 aliphatic rings. The maximum Gasteiger partial charge on any atom is 0.488 e. The molecular weight excluding hydrogens is 294 g/mol. The highest BCUT2D eigenvalue weighted by atomic mass is 35.5. The number of benzene rings is 3. The minimum Gasteiger partial charge on any atom is -0.423 e. The van der Waals surface area contributed by atoms with Gasteiger partial charge in [-0.15, -0.1) is 0 Å². The predicted octanol–water partition coefficient (Wildman–Crippen LogP) is 3.35. The average Bonchev–Trinajstić information content (AvgIpc) is 2.55. The third kappa shape index (κ3) is 3.07. The lowest BCUT2D eigenvalue weighted by atomic mass is 9.78. The third-order valence-electron chi connectivity index (χ3n) is 3.56. The average molecular weight is 309 g/mol. The van der Waals surface area contributed by atoms with Gasteiger partial charge < -0.3 is 10.0 Å². The van der Waals surface area contributed by atoms with Crippen molar-refractivity contribution in [1.29, 1.82) is 0 Å². The van der Waals surface area contributed by atoms with Crippen molar-refractivity contribution in [2.24, 2.45) is 0 Å². The fraction of sp³-hybridized carbons (Fsp3) is 0. The van der Waals surface area contributed by atoms with E-state index in [1.165, 1.54) is 0 Å². The van der Waals surface area contributed by atoms with Crippen LogP contribution in [-0.4, -0.2) is 17.2 Å². The van der Waals surface area contributed by atoms with Crippen molar-refractivity contribution in [2.75, 3.05) is 0 Å². The largest absolute Gasteiger partial charge is 0.488 e. The lowest BCUT2D eigenvalue weighted by Gasteiger charge is -2.11. The lowest BCUT2D eigenvalue weighted by molar-refractivity contribution is 0.426. The molecule has 0 bridgehead atoms. The van der Waals surface area contributed by atoms with Crippen molar-refractivity contribution in [2.45, 2.75) is 0 Å². The van der Waals surface area contributed by atoms with Gasteiger partial charge in [0.15, 0.2) is 0 Å².